The molecule has 0 aromatic heterocycles. The fourth-order valence-corrected chi connectivity index (χ4v) is 2.73. The lowest BCUT2D eigenvalue weighted by atomic mass is 10.2. The van der Waals surface area contributed by atoms with Crippen molar-refractivity contribution >= 4 is 0 Å². The average Bonchev–Trinajstić information content (AvgIpc) is 2.70. The number of rotatable bonds is 9. The molecule has 0 amide bonds. The van der Waals surface area contributed by atoms with Crippen molar-refractivity contribution in [2.75, 3.05) is 13.7 Å². The molecule has 0 bridgehead atoms. The molecule has 3 rings (SSSR count). The Hall–Kier alpha value is -2.78. The Kier molecular flexibility index (Phi) is 6.68. The van der Waals surface area contributed by atoms with Crippen molar-refractivity contribution in [1.29, 1.82) is 0 Å². The highest BCUT2D eigenvalue weighted by atomic mass is 16.5. The van der Waals surface area contributed by atoms with E-state index in [-0.39, 0.29) is 0 Å². The molecule has 3 nitrogen and oxygen atoms in total. The van der Waals surface area contributed by atoms with Gasteiger partial charge in [0.2, 0.25) is 0 Å². The molecule has 3 heteroatoms. The van der Waals surface area contributed by atoms with Gasteiger partial charge in [-0.2, -0.15) is 0 Å². The minimum Gasteiger partial charge on any atom is -0.497 e. The maximum atomic E-state index is 5.83. The largest absolute Gasteiger partial charge is 0.497 e. The summed E-state index contributed by atoms with van der Waals surface area (Å²) in [5, 5.41) is 3.46. The Morgan fingerprint density at radius 2 is 1.23 bits per heavy atom. The molecule has 1 N–H and O–H groups in total. The minimum atomic E-state index is 0.694. The lowest BCUT2D eigenvalue weighted by Crippen LogP contribution is -2.12. The molecule has 3 aromatic rings. The average molecular weight is 347 g/mol. The maximum Gasteiger partial charge on any atom is 0.119 e. The van der Waals surface area contributed by atoms with Crippen molar-refractivity contribution in [1.82, 2.24) is 5.32 Å². The molecule has 3 aromatic carbocycles. The molecule has 0 saturated heterocycles. The first kappa shape index (κ1) is 18.0. The van der Waals surface area contributed by atoms with Crippen LogP contribution in [0.15, 0.2) is 78.9 Å². The molecule has 0 spiro atoms. The molecular weight excluding hydrogens is 322 g/mol. The van der Waals surface area contributed by atoms with Gasteiger partial charge in [-0.15, -0.1) is 0 Å². The Balaban J connectivity index is 1.39. The Labute approximate surface area is 155 Å². The molecule has 0 fully saturated rings. The van der Waals surface area contributed by atoms with E-state index in [2.05, 4.69) is 53.8 Å². The third-order valence-corrected chi connectivity index (χ3v) is 4.24. The Morgan fingerprint density at radius 1 is 0.654 bits per heavy atom. The van der Waals surface area contributed by atoms with Gasteiger partial charge in [0.15, 0.2) is 0 Å². The van der Waals surface area contributed by atoms with Gasteiger partial charge in [-0.25, -0.2) is 0 Å². The number of hydrogen-bond donors (Lipinski definition) is 1. The second kappa shape index (κ2) is 9.64. The molecule has 0 unspecified atom stereocenters. The van der Waals surface area contributed by atoms with Crippen molar-refractivity contribution < 1.29 is 9.47 Å². The van der Waals surface area contributed by atoms with E-state index in [9.17, 15) is 0 Å². The molecule has 0 heterocycles. The number of benzene rings is 3. The molecule has 0 atom stereocenters. The fraction of sp³-hybridized carbons (Fsp3) is 0.217. The zero-order valence-electron chi connectivity index (χ0n) is 15.2. The summed E-state index contributed by atoms with van der Waals surface area (Å²) >= 11 is 0. The summed E-state index contributed by atoms with van der Waals surface area (Å²) in [4.78, 5) is 0. The second-order valence-corrected chi connectivity index (χ2v) is 6.18. The quantitative estimate of drug-likeness (QED) is 0.613. The summed E-state index contributed by atoms with van der Waals surface area (Å²) < 4.78 is 11.0. The number of methoxy groups -OCH3 is 1. The minimum absolute atomic E-state index is 0.694. The van der Waals surface area contributed by atoms with Crippen molar-refractivity contribution in [3.63, 3.8) is 0 Å². The zero-order valence-corrected chi connectivity index (χ0v) is 15.2. The summed E-state index contributed by atoms with van der Waals surface area (Å²) in [7, 11) is 1.68. The number of hydrogen-bond acceptors (Lipinski definition) is 3. The van der Waals surface area contributed by atoms with Crippen LogP contribution in [0.25, 0.3) is 0 Å². The van der Waals surface area contributed by atoms with Gasteiger partial charge < -0.3 is 14.8 Å². The SMILES string of the molecule is COc1ccc(CNCc2ccc(OCCc3ccccc3)cc2)cc1. The third-order valence-electron chi connectivity index (χ3n) is 4.24. The number of nitrogens with one attached hydrogen (secondary N) is 1. The maximum absolute atomic E-state index is 5.83. The first-order valence-electron chi connectivity index (χ1n) is 8.93. The number of ether oxygens (including phenoxy) is 2. The topological polar surface area (TPSA) is 30.5 Å². The van der Waals surface area contributed by atoms with Gasteiger partial charge in [0.1, 0.15) is 11.5 Å². The molecule has 26 heavy (non-hydrogen) atoms. The van der Waals surface area contributed by atoms with Crippen LogP contribution in [-0.2, 0) is 19.5 Å². The lowest BCUT2D eigenvalue weighted by molar-refractivity contribution is 0.322. The van der Waals surface area contributed by atoms with E-state index in [1.54, 1.807) is 7.11 Å². The summed E-state index contributed by atoms with van der Waals surface area (Å²) in [5.74, 6) is 1.80. The van der Waals surface area contributed by atoms with Crippen LogP contribution in [0, 0.1) is 0 Å². The Morgan fingerprint density at radius 3 is 1.81 bits per heavy atom. The van der Waals surface area contributed by atoms with Gasteiger partial charge in [-0.05, 0) is 41.0 Å². The van der Waals surface area contributed by atoms with Crippen LogP contribution in [0.2, 0.25) is 0 Å². The Bertz CT molecular complexity index is 768. The van der Waals surface area contributed by atoms with E-state index in [1.807, 2.05) is 30.3 Å². The molecule has 0 radical (unpaired) electrons. The monoisotopic (exact) mass is 347 g/mol. The van der Waals surface area contributed by atoms with E-state index in [0.717, 1.165) is 31.0 Å². The fourth-order valence-electron chi connectivity index (χ4n) is 2.73. The van der Waals surface area contributed by atoms with Crippen molar-refractivity contribution in [2.24, 2.45) is 0 Å². The highest BCUT2D eigenvalue weighted by Crippen LogP contribution is 2.14. The first-order valence-corrected chi connectivity index (χ1v) is 8.93. The van der Waals surface area contributed by atoms with E-state index in [4.69, 9.17) is 9.47 Å². The van der Waals surface area contributed by atoms with Crippen LogP contribution in [0.1, 0.15) is 16.7 Å². The van der Waals surface area contributed by atoms with Gasteiger partial charge in [0.25, 0.3) is 0 Å². The van der Waals surface area contributed by atoms with Crippen LogP contribution in [0.3, 0.4) is 0 Å². The van der Waals surface area contributed by atoms with Gasteiger partial charge in [-0.1, -0.05) is 54.6 Å². The standard InChI is InChI=1S/C23H25NO2/c1-25-22-11-7-20(8-12-22)17-24-18-21-9-13-23(14-10-21)26-16-15-19-5-3-2-4-6-19/h2-14,24H,15-18H2,1H3. The van der Waals surface area contributed by atoms with Crippen LogP contribution in [-0.4, -0.2) is 13.7 Å². The van der Waals surface area contributed by atoms with Gasteiger partial charge in [0, 0.05) is 19.5 Å². The molecule has 0 saturated carbocycles. The summed E-state index contributed by atoms with van der Waals surface area (Å²) in [5.41, 5.74) is 3.78. The van der Waals surface area contributed by atoms with Crippen molar-refractivity contribution in [2.45, 2.75) is 19.5 Å². The van der Waals surface area contributed by atoms with Crippen molar-refractivity contribution in [3.8, 4) is 11.5 Å². The van der Waals surface area contributed by atoms with E-state index in [0.29, 0.717) is 6.61 Å². The second-order valence-electron chi connectivity index (χ2n) is 6.18. The van der Waals surface area contributed by atoms with Crippen LogP contribution in [0.5, 0.6) is 11.5 Å². The first-order chi connectivity index (χ1) is 12.8. The lowest BCUT2D eigenvalue weighted by Gasteiger charge is -2.09. The smallest absolute Gasteiger partial charge is 0.119 e. The summed E-state index contributed by atoms with van der Waals surface area (Å²) in [6.45, 7) is 2.36. The summed E-state index contributed by atoms with van der Waals surface area (Å²) in [6, 6.07) is 26.8. The molecule has 0 aliphatic carbocycles. The molecule has 0 aliphatic rings. The van der Waals surface area contributed by atoms with E-state index >= 15 is 0 Å². The van der Waals surface area contributed by atoms with Crippen molar-refractivity contribution in [3.05, 3.63) is 95.6 Å². The summed E-state index contributed by atoms with van der Waals surface area (Å²) in [6.07, 6.45) is 0.923. The molecular formula is C23H25NO2. The molecule has 134 valence electrons. The van der Waals surface area contributed by atoms with Crippen LogP contribution < -0.4 is 14.8 Å². The normalized spacial score (nSPS) is 10.5. The van der Waals surface area contributed by atoms with E-state index in [1.165, 1.54) is 16.7 Å². The van der Waals surface area contributed by atoms with Crippen LogP contribution >= 0.6 is 0 Å². The molecule has 0 aliphatic heterocycles. The predicted molar refractivity (Wildman–Crippen MR) is 106 cm³/mol. The highest BCUT2D eigenvalue weighted by Gasteiger charge is 1.98. The van der Waals surface area contributed by atoms with E-state index < -0.39 is 0 Å². The van der Waals surface area contributed by atoms with Gasteiger partial charge >= 0.3 is 0 Å². The van der Waals surface area contributed by atoms with Gasteiger partial charge in [0.05, 0.1) is 13.7 Å². The zero-order chi connectivity index (χ0) is 18.0. The van der Waals surface area contributed by atoms with Gasteiger partial charge in [-0.3, -0.25) is 0 Å². The third kappa shape index (κ3) is 5.64. The highest BCUT2D eigenvalue weighted by molar-refractivity contribution is 5.28. The van der Waals surface area contributed by atoms with Crippen LogP contribution in [0.4, 0.5) is 0 Å². The predicted octanol–water partition coefficient (Wildman–Crippen LogP) is 4.61.